The molecule has 124 valence electrons. The first-order valence-corrected chi connectivity index (χ1v) is 8.03. The SMILES string of the molecule is C/C(CC(=O)Nc1ccccc1)=N/NC(=O)CN1CCCCC1. The molecule has 2 rings (SSSR count). The number of benzene rings is 1. The van der Waals surface area contributed by atoms with Crippen LogP contribution in [0.25, 0.3) is 0 Å². The second kappa shape index (κ2) is 9.05. The molecule has 1 aromatic rings. The summed E-state index contributed by atoms with van der Waals surface area (Å²) in [5.41, 5.74) is 3.85. The Morgan fingerprint density at radius 2 is 1.78 bits per heavy atom. The Hall–Kier alpha value is -2.21. The second-order valence-electron chi connectivity index (χ2n) is 5.81. The van der Waals surface area contributed by atoms with E-state index in [4.69, 9.17) is 0 Å². The second-order valence-corrected chi connectivity index (χ2v) is 5.81. The summed E-state index contributed by atoms with van der Waals surface area (Å²) < 4.78 is 0. The molecule has 1 heterocycles. The minimum atomic E-state index is -0.150. The van der Waals surface area contributed by atoms with Gasteiger partial charge in [-0.2, -0.15) is 5.10 Å². The maximum absolute atomic E-state index is 11.9. The van der Waals surface area contributed by atoms with E-state index in [0.29, 0.717) is 12.3 Å². The maximum atomic E-state index is 11.9. The quantitative estimate of drug-likeness (QED) is 0.622. The number of para-hydroxylation sites is 1. The topological polar surface area (TPSA) is 73.8 Å². The number of anilines is 1. The number of carbonyl (C=O) groups excluding carboxylic acids is 2. The number of nitrogens with zero attached hydrogens (tertiary/aromatic N) is 2. The third kappa shape index (κ3) is 6.61. The predicted molar refractivity (Wildman–Crippen MR) is 91.2 cm³/mol. The van der Waals surface area contributed by atoms with Gasteiger partial charge in [0.15, 0.2) is 0 Å². The number of rotatable bonds is 6. The molecule has 0 aliphatic carbocycles. The first-order valence-electron chi connectivity index (χ1n) is 8.03. The van der Waals surface area contributed by atoms with Crippen LogP contribution < -0.4 is 10.7 Å². The van der Waals surface area contributed by atoms with Crippen molar-refractivity contribution in [2.75, 3.05) is 25.0 Å². The van der Waals surface area contributed by atoms with Crippen LogP contribution in [0.5, 0.6) is 0 Å². The van der Waals surface area contributed by atoms with Crippen LogP contribution in [0.3, 0.4) is 0 Å². The fraction of sp³-hybridized carbons (Fsp3) is 0.471. The zero-order valence-electron chi connectivity index (χ0n) is 13.5. The van der Waals surface area contributed by atoms with Gasteiger partial charge in [0.05, 0.1) is 13.0 Å². The van der Waals surface area contributed by atoms with E-state index in [1.165, 1.54) is 6.42 Å². The van der Waals surface area contributed by atoms with Gasteiger partial charge < -0.3 is 5.32 Å². The van der Waals surface area contributed by atoms with Crippen LogP contribution in [0.2, 0.25) is 0 Å². The van der Waals surface area contributed by atoms with E-state index in [0.717, 1.165) is 31.6 Å². The Morgan fingerprint density at radius 3 is 2.48 bits per heavy atom. The summed E-state index contributed by atoms with van der Waals surface area (Å²) in [5, 5.41) is 6.79. The van der Waals surface area contributed by atoms with E-state index in [1.807, 2.05) is 30.3 Å². The van der Waals surface area contributed by atoms with Crippen LogP contribution in [-0.2, 0) is 9.59 Å². The van der Waals surface area contributed by atoms with Crippen molar-refractivity contribution in [2.24, 2.45) is 5.10 Å². The first-order chi connectivity index (χ1) is 11.1. The van der Waals surface area contributed by atoms with Gasteiger partial charge in [-0.15, -0.1) is 0 Å². The van der Waals surface area contributed by atoms with Gasteiger partial charge in [-0.1, -0.05) is 24.6 Å². The van der Waals surface area contributed by atoms with Crippen LogP contribution >= 0.6 is 0 Å². The van der Waals surface area contributed by atoms with Crippen molar-refractivity contribution in [3.8, 4) is 0 Å². The van der Waals surface area contributed by atoms with Crippen molar-refractivity contribution < 1.29 is 9.59 Å². The van der Waals surface area contributed by atoms with Crippen LogP contribution in [0.15, 0.2) is 35.4 Å². The molecule has 2 N–H and O–H groups in total. The summed E-state index contributed by atoms with van der Waals surface area (Å²) in [6, 6.07) is 9.25. The summed E-state index contributed by atoms with van der Waals surface area (Å²) in [5.74, 6) is -0.280. The number of hydrogen-bond acceptors (Lipinski definition) is 4. The molecule has 0 spiro atoms. The minimum Gasteiger partial charge on any atom is -0.326 e. The Kier molecular flexibility index (Phi) is 6.75. The predicted octanol–water partition coefficient (Wildman–Crippen LogP) is 1.99. The van der Waals surface area contributed by atoms with Crippen molar-refractivity contribution >= 4 is 23.2 Å². The molecule has 2 amide bonds. The highest BCUT2D eigenvalue weighted by Crippen LogP contribution is 2.07. The highest BCUT2D eigenvalue weighted by molar-refractivity contribution is 6.05. The summed E-state index contributed by atoms with van der Waals surface area (Å²) in [7, 11) is 0. The Labute approximate surface area is 136 Å². The van der Waals surface area contributed by atoms with Gasteiger partial charge in [0.2, 0.25) is 5.91 Å². The minimum absolute atomic E-state index is 0.130. The van der Waals surface area contributed by atoms with Crippen molar-refractivity contribution in [2.45, 2.75) is 32.6 Å². The van der Waals surface area contributed by atoms with E-state index in [9.17, 15) is 9.59 Å². The van der Waals surface area contributed by atoms with Gasteiger partial charge in [0.1, 0.15) is 0 Å². The molecule has 6 nitrogen and oxygen atoms in total. The number of carbonyl (C=O) groups is 2. The maximum Gasteiger partial charge on any atom is 0.254 e. The van der Waals surface area contributed by atoms with E-state index >= 15 is 0 Å². The van der Waals surface area contributed by atoms with E-state index in [-0.39, 0.29) is 18.2 Å². The fourth-order valence-corrected chi connectivity index (χ4v) is 2.51. The molecule has 0 bridgehead atoms. The van der Waals surface area contributed by atoms with Gasteiger partial charge in [-0.25, -0.2) is 5.43 Å². The Bertz CT molecular complexity index is 551. The lowest BCUT2D eigenvalue weighted by Gasteiger charge is -2.25. The molecule has 1 fully saturated rings. The summed E-state index contributed by atoms with van der Waals surface area (Å²) in [6.07, 6.45) is 3.69. The number of piperidine rings is 1. The third-order valence-corrected chi connectivity index (χ3v) is 3.66. The molecule has 6 heteroatoms. The van der Waals surface area contributed by atoms with Crippen LogP contribution in [0, 0.1) is 0 Å². The molecule has 0 radical (unpaired) electrons. The van der Waals surface area contributed by atoms with Gasteiger partial charge in [-0.3, -0.25) is 14.5 Å². The number of nitrogens with one attached hydrogen (secondary N) is 2. The van der Waals surface area contributed by atoms with Crippen LogP contribution in [-0.4, -0.2) is 42.1 Å². The molecule has 0 atom stereocenters. The van der Waals surface area contributed by atoms with Crippen molar-refractivity contribution in [3.63, 3.8) is 0 Å². The van der Waals surface area contributed by atoms with Crippen LogP contribution in [0.4, 0.5) is 5.69 Å². The molecule has 23 heavy (non-hydrogen) atoms. The van der Waals surface area contributed by atoms with E-state index in [2.05, 4.69) is 20.7 Å². The molecular weight excluding hydrogens is 292 g/mol. The zero-order valence-corrected chi connectivity index (χ0v) is 13.5. The van der Waals surface area contributed by atoms with Crippen molar-refractivity contribution in [1.29, 1.82) is 0 Å². The normalized spacial score (nSPS) is 16.0. The molecule has 1 aliphatic rings. The highest BCUT2D eigenvalue weighted by atomic mass is 16.2. The van der Waals surface area contributed by atoms with E-state index in [1.54, 1.807) is 6.92 Å². The standard InChI is InChI=1S/C17H24N4O2/c1-14(12-16(22)18-15-8-4-2-5-9-15)19-20-17(23)13-21-10-6-3-7-11-21/h2,4-5,8-9H,3,6-7,10-13H2,1H3,(H,18,22)(H,20,23)/b19-14-. The van der Waals surface area contributed by atoms with Gasteiger partial charge >= 0.3 is 0 Å². The van der Waals surface area contributed by atoms with Crippen LogP contribution in [0.1, 0.15) is 32.6 Å². The Balaban J connectivity index is 1.71. The highest BCUT2D eigenvalue weighted by Gasteiger charge is 2.13. The molecule has 0 unspecified atom stereocenters. The molecule has 1 saturated heterocycles. The fourth-order valence-electron chi connectivity index (χ4n) is 2.51. The zero-order chi connectivity index (χ0) is 16.5. The molecule has 1 aliphatic heterocycles. The van der Waals surface area contributed by atoms with Gasteiger partial charge in [0, 0.05) is 11.4 Å². The smallest absolute Gasteiger partial charge is 0.254 e. The molecule has 1 aromatic carbocycles. The number of hydrazone groups is 1. The van der Waals surface area contributed by atoms with Gasteiger partial charge in [-0.05, 0) is 45.0 Å². The number of hydrogen-bond donors (Lipinski definition) is 2. The summed E-state index contributed by atoms with van der Waals surface area (Å²) in [6.45, 7) is 4.03. The number of amides is 2. The lowest BCUT2D eigenvalue weighted by Crippen LogP contribution is -2.38. The third-order valence-electron chi connectivity index (χ3n) is 3.66. The average molecular weight is 316 g/mol. The summed E-state index contributed by atoms with van der Waals surface area (Å²) in [4.78, 5) is 25.8. The van der Waals surface area contributed by atoms with Crippen molar-refractivity contribution in [1.82, 2.24) is 10.3 Å². The van der Waals surface area contributed by atoms with Gasteiger partial charge in [0.25, 0.3) is 5.91 Å². The first kappa shape index (κ1) is 17.1. The lowest BCUT2D eigenvalue weighted by atomic mass is 10.1. The molecule has 0 aromatic heterocycles. The summed E-state index contributed by atoms with van der Waals surface area (Å²) >= 11 is 0. The van der Waals surface area contributed by atoms with Crippen molar-refractivity contribution in [3.05, 3.63) is 30.3 Å². The molecule has 0 saturated carbocycles. The average Bonchev–Trinajstić information content (AvgIpc) is 2.55. The lowest BCUT2D eigenvalue weighted by molar-refractivity contribution is -0.122. The largest absolute Gasteiger partial charge is 0.326 e. The Morgan fingerprint density at radius 1 is 1.09 bits per heavy atom. The van der Waals surface area contributed by atoms with E-state index < -0.39 is 0 Å². The molecular formula is C17H24N4O2. The number of likely N-dealkylation sites (tertiary alicyclic amines) is 1. The monoisotopic (exact) mass is 316 g/mol.